The molecule has 2 rings (SSSR count). The van der Waals surface area contributed by atoms with Crippen molar-refractivity contribution >= 4 is 17.2 Å². The van der Waals surface area contributed by atoms with Crippen LogP contribution < -0.4 is 9.64 Å². The monoisotopic (exact) mass is 260 g/mol. The molecule has 2 aromatic rings. The standard InChI is InChI=1S/C13H16N4O2/c1-9-7-13(16-19-9)15-14-11-6-5-10(17(2)3)8-12(11)18-4/h5-8H,1-4H3. The summed E-state index contributed by atoms with van der Waals surface area (Å²) >= 11 is 0. The van der Waals surface area contributed by atoms with Crippen LogP contribution in [0.15, 0.2) is 39.0 Å². The second-order valence-corrected chi connectivity index (χ2v) is 4.25. The van der Waals surface area contributed by atoms with E-state index in [2.05, 4.69) is 15.4 Å². The molecule has 0 unspecified atom stereocenters. The van der Waals surface area contributed by atoms with Crippen LogP contribution in [-0.2, 0) is 0 Å². The van der Waals surface area contributed by atoms with Gasteiger partial charge in [0.1, 0.15) is 17.2 Å². The van der Waals surface area contributed by atoms with Gasteiger partial charge in [0, 0.05) is 31.9 Å². The molecule has 100 valence electrons. The van der Waals surface area contributed by atoms with Crippen molar-refractivity contribution in [1.82, 2.24) is 5.16 Å². The van der Waals surface area contributed by atoms with Crippen LogP contribution in [0.3, 0.4) is 0 Å². The van der Waals surface area contributed by atoms with Gasteiger partial charge in [0.15, 0.2) is 0 Å². The molecule has 0 radical (unpaired) electrons. The molecule has 6 heteroatoms. The minimum absolute atomic E-state index is 0.441. The molecule has 0 bridgehead atoms. The zero-order chi connectivity index (χ0) is 13.8. The summed E-state index contributed by atoms with van der Waals surface area (Å²) in [5.74, 6) is 1.80. The van der Waals surface area contributed by atoms with E-state index in [1.54, 1.807) is 20.1 Å². The Morgan fingerprint density at radius 2 is 2.00 bits per heavy atom. The first-order valence-corrected chi connectivity index (χ1v) is 5.80. The number of azo groups is 1. The van der Waals surface area contributed by atoms with Gasteiger partial charge in [-0.2, -0.15) is 0 Å². The van der Waals surface area contributed by atoms with Gasteiger partial charge in [-0.25, -0.2) is 0 Å². The summed E-state index contributed by atoms with van der Waals surface area (Å²) in [5.41, 5.74) is 1.68. The average molecular weight is 260 g/mol. The van der Waals surface area contributed by atoms with Gasteiger partial charge in [-0.1, -0.05) is 5.16 Å². The normalized spacial score (nSPS) is 10.9. The smallest absolute Gasteiger partial charge is 0.216 e. The first-order valence-electron chi connectivity index (χ1n) is 5.80. The highest BCUT2D eigenvalue weighted by Crippen LogP contribution is 2.32. The van der Waals surface area contributed by atoms with Crippen LogP contribution >= 0.6 is 0 Å². The lowest BCUT2D eigenvalue weighted by molar-refractivity contribution is 0.398. The minimum Gasteiger partial charge on any atom is -0.494 e. The molecule has 1 aromatic heterocycles. The van der Waals surface area contributed by atoms with Crippen LogP contribution in [0.4, 0.5) is 17.2 Å². The maximum Gasteiger partial charge on any atom is 0.216 e. The van der Waals surface area contributed by atoms with Crippen molar-refractivity contribution in [3.05, 3.63) is 30.0 Å². The van der Waals surface area contributed by atoms with Crippen molar-refractivity contribution < 1.29 is 9.26 Å². The van der Waals surface area contributed by atoms with Gasteiger partial charge < -0.3 is 14.2 Å². The summed E-state index contributed by atoms with van der Waals surface area (Å²) in [7, 11) is 5.54. The molecule has 1 heterocycles. The van der Waals surface area contributed by atoms with E-state index in [1.165, 1.54) is 0 Å². The summed E-state index contributed by atoms with van der Waals surface area (Å²) in [6.45, 7) is 1.80. The molecular formula is C13H16N4O2. The van der Waals surface area contributed by atoms with E-state index in [0.29, 0.717) is 23.0 Å². The molecule has 6 nitrogen and oxygen atoms in total. The third kappa shape index (κ3) is 3.09. The fourth-order valence-corrected chi connectivity index (χ4v) is 1.53. The van der Waals surface area contributed by atoms with Gasteiger partial charge in [0.2, 0.25) is 5.82 Å². The third-order valence-corrected chi connectivity index (χ3v) is 2.56. The first-order chi connectivity index (χ1) is 9.10. The molecule has 0 amide bonds. The van der Waals surface area contributed by atoms with Gasteiger partial charge in [-0.05, 0) is 19.1 Å². The number of anilines is 1. The van der Waals surface area contributed by atoms with Crippen LogP contribution in [0.5, 0.6) is 5.75 Å². The third-order valence-electron chi connectivity index (χ3n) is 2.56. The van der Waals surface area contributed by atoms with E-state index in [4.69, 9.17) is 9.26 Å². The lowest BCUT2D eigenvalue weighted by Crippen LogP contribution is -2.08. The molecule has 0 spiro atoms. The maximum atomic E-state index is 5.31. The zero-order valence-corrected chi connectivity index (χ0v) is 11.4. The quantitative estimate of drug-likeness (QED) is 0.789. The van der Waals surface area contributed by atoms with Gasteiger partial charge in [-0.3, -0.25) is 0 Å². The molecule has 19 heavy (non-hydrogen) atoms. The Morgan fingerprint density at radius 1 is 1.21 bits per heavy atom. The Hall–Kier alpha value is -2.37. The molecule has 0 N–H and O–H groups in total. The van der Waals surface area contributed by atoms with E-state index in [9.17, 15) is 0 Å². The number of rotatable bonds is 4. The first kappa shape index (κ1) is 13.1. The molecule has 0 aliphatic rings. The topological polar surface area (TPSA) is 63.2 Å². The lowest BCUT2D eigenvalue weighted by atomic mass is 10.2. The van der Waals surface area contributed by atoms with E-state index in [-0.39, 0.29) is 0 Å². The summed E-state index contributed by atoms with van der Waals surface area (Å²) in [6.07, 6.45) is 0. The largest absolute Gasteiger partial charge is 0.494 e. The van der Waals surface area contributed by atoms with Gasteiger partial charge in [0.05, 0.1) is 7.11 Å². The molecule has 0 aliphatic heterocycles. The van der Waals surface area contributed by atoms with E-state index in [1.807, 2.05) is 37.2 Å². The predicted octanol–water partition coefficient (Wildman–Crippen LogP) is 3.47. The van der Waals surface area contributed by atoms with E-state index < -0.39 is 0 Å². The van der Waals surface area contributed by atoms with Crippen LogP contribution in [0.1, 0.15) is 5.76 Å². The van der Waals surface area contributed by atoms with Crippen molar-refractivity contribution in [3.8, 4) is 5.75 Å². The van der Waals surface area contributed by atoms with E-state index >= 15 is 0 Å². The van der Waals surface area contributed by atoms with Crippen molar-refractivity contribution in [1.29, 1.82) is 0 Å². The van der Waals surface area contributed by atoms with Crippen molar-refractivity contribution in [2.45, 2.75) is 6.92 Å². The van der Waals surface area contributed by atoms with Crippen molar-refractivity contribution in [2.24, 2.45) is 10.2 Å². The Kier molecular flexibility index (Phi) is 3.79. The number of methoxy groups -OCH3 is 1. The Balaban J connectivity index is 2.27. The van der Waals surface area contributed by atoms with Crippen LogP contribution in [-0.4, -0.2) is 26.4 Å². The molecule has 0 aliphatic carbocycles. The molecule has 0 saturated heterocycles. The second kappa shape index (κ2) is 5.51. The van der Waals surface area contributed by atoms with Gasteiger partial charge in [-0.15, -0.1) is 10.2 Å². The van der Waals surface area contributed by atoms with Gasteiger partial charge in [0.25, 0.3) is 0 Å². The Morgan fingerprint density at radius 3 is 2.58 bits per heavy atom. The van der Waals surface area contributed by atoms with Crippen LogP contribution in [0.2, 0.25) is 0 Å². The Labute approximate surface area is 111 Å². The predicted molar refractivity (Wildman–Crippen MR) is 72.7 cm³/mol. The molecule has 1 aromatic carbocycles. The number of aromatic nitrogens is 1. The van der Waals surface area contributed by atoms with E-state index in [0.717, 1.165) is 5.69 Å². The number of nitrogens with zero attached hydrogens (tertiary/aromatic N) is 4. The number of hydrogen-bond acceptors (Lipinski definition) is 6. The second-order valence-electron chi connectivity index (χ2n) is 4.25. The minimum atomic E-state index is 0.441. The number of aryl methyl sites for hydroxylation is 1. The van der Waals surface area contributed by atoms with Crippen molar-refractivity contribution in [3.63, 3.8) is 0 Å². The summed E-state index contributed by atoms with van der Waals surface area (Å²) in [5, 5.41) is 11.9. The fourth-order valence-electron chi connectivity index (χ4n) is 1.53. The highest BCUT2D eigenvalue weighted by molar-refractivity contribution is 5.61. The summed E-state index contributed by atoms with van der Waals surface area (Å²) in [4.78, 5) is 1.99. The number of benzene rings is 1. The average Bonchev–Trinajstić information content (AvgIpc) is 2.81. The maximum absolute atomic E-state index is 5.31. The van der Waals surface area contributed by atoms with Gasteiger partial charge >= 0.3 is 0 Å². The highest BCUT2D eigenvalue weighted by Gasteiger charge is 2.05. The van der Waals surface area contributed by atoms with Crippen molar-refractivity contribution in [2.75, 3.05) is 26.1 Å². The molecule has 0 saturated carbocycles. The summed E-state index contributed by atoms with van der Waals surface area (Å²) in [6, 6.07) is 7.42. The Bertz CT molecular complexity index is 590. The highest BCUT2D eigenvalue weighted by atomic mass is 16.5. The van der Waals surface area contributed by atoms with Crippen LogP contribution in [0, 0.1) is 6.92 Å². The lowest BCUT2D eigenvalue weighted by Gasteiger charge is -2.14. The molecular weight excluding hydrogens is 244 g/mol. The molecule has 0 atom stereocenters. The zero-order valence-electron chi connectivity index (χ0n) is 11.4. The van der Waals surface area contributed by atoms with Crippen LogP contribution in [0.25, 0.3) is 0 Å². The number of ether oxygens (including phenoxy) is 1. The summed E-state index contributed by atoms with van der Waals surface area (Å²) < 4.78 is 10.2. The SMILES string of the molecule is COc1cc(N(C)C)ccc1N=Nc1cc(C)on1. The number of hydrogen-bond donors (Lipinski definition) is 0. The fraction of sp³-hybridized carbons (Fsp3) is 0.308. The molecule has 0 fully saturated rings.